The molecule has 1 amide bonds. The van der Waals surface area contributed by atoms with E-state index in [1.807, 2.05) is 33.2 Å². The zero-order chi connectivity index (χ0) is 17.7. The summed E-state index contributed by atoms with van der Waals surface area (Å²) >= 11 is 0. The maximum Gasteiger partial charge on any atom is 0.224 e. The van der Waals surface area contributed by atoms with Gasteiger partial charge in [0.25, 0.3) is 0 Å². The molecule has 0 bridgehead atoms. The van der Waals surface area contributed by atoms with Crippen LogP contribution in [0, 0.1) is 5.92 Å². The van der Waals surface area contributed by atoms with Gasteiger partial charge >= 0.3 is 0 Å². The fraction of sp³-hybridized carbons (Fsp3) is 0.381. The molecule has 136 valence electrons. The Balaban J connectivity index is 0.00000312. The Hall–Kier alpha value is -2.00. The minimum atomic E-state index is 0. The highest BCUT2D eigenvalue weighted by atomic mass is 35.5. The molecule has 0 aliphatic carbocycles. The Morgan fingerprint density at radius 1 is 1.08 bits per heavy atom. The van der Waals surface area contributed by atoms with E-state index in [4.69, 9.17) is 0 Å². The van der Waals surface area contributed by atoms with Gasteiger partial charge in [-0.1, -0.05) is 45.0 Å². The van der Waals surface area contributed by atoms with E-state index in [9.17, 15) is 4.79 Å². The molecule has 3 nitrogen and oxygen atoms in total. The van der Waals surface area contributed by atoms with Gasteiger partial charge in [0.05, 0.1) is 0 Å². The first-order valence-corrected chi connectivity index (χ1v) is 8.61. The summed E-state index contributed by atoms with van der Waals surface area (Å²) in [5.41, 5.74) is 5.50. The maximum atomic E-state index is 11.8. The van der Waals surface area contributed by atoms with E-state index in [0.29, 0.717) is 12.3 Å². The summed E-state index contributed by atoms with van der Waals surface area (Å²) in [5, 5.41) is 3.01. The second-order valence-electron chi connectivity index (χ2n) is 6.82. The van der Waals surface area contributed by atoms with Crippen LogP contribution in [0.5, 0.6) is 0 Å². The quantitative estimate of drug-likeness (QED) is 0.749. The topological polar surface area (TPSA) is 32.3 Å². The monoisotopic (exact) mass is 360 g/mol. The Kier molecular flexibility index (Phi) is 7.98. The number of halogens is 1. The summed E-state index contributed by atoms with van der Waals surface area (Å²) in [4.78, 5) is 13.9. The van der Waals surface area contributed by atoms with Crippen LogP contribution in [-0.2, 0) is 11.2 Å². The third kappa shape index (κ3) is 5.79. The van der Waals surface area contributed by atoms with E-state index in [0.717, 1.165) is 28.9 Å². The van der Waals surface area contributed by atoms with Crippen molar-refractivity contribution < 1.29 is 4.79 Å². The molecule has 0 heterocycles. The molecular formula is C21H29ClN2O. The number of hydrogen-bond donors (Lipinski definition) is 1. The number of nitrogens with zero attached hydrogens (tertiary/aromatic N) is 1. The number of nitrogens with one attached hydrogen (secondary N) is 1. The molecule has 0 atom stereocenters. The molecule has 0 aliphatic heterocycles. The molecule has 0 unspecified atom stereocenters. The predicted octanol–water partition coefficient (Wildman–Crippen LogP) is 5.39. The van der Waals surface area contributed by atoms with Crippen molar-refractivity contribution in [3.05, 3.63) is 48.0 Å². The van der Waals surface area contributed by atoms with Crippen LogP contribution in [0.3, 0.4) is 0 Å². The van der Waals surface area contributed by atoms with Gasteiger partial charge in [-0.15, -0.1) is 12.4 Å². The summed E-state index contributed by atoms with van der Waals surface area (Å²) in [7, 11) is 4.05. The lowest BCUT2D eigenvalue weighted by molar-refractivity contribution is -0.115. The summed E-state index contributed by atoms with van der Waals surface area (Å²) in [6, 6.07) is 14.8. The highest BCUT2D eigenvalue weighted by molar-refractivity contribution is 5.96. The van der Waals surface area contributed by atoms with Crippen LogP contribution in [0.25, 0.3) is 11.1 Å². The average molecular weight is 361 g/mol. The number of carbonyl (C=O) groups excluding carboxylic acids is 1. The van der Waals surface area contributed by atoms with Crippen molar-refractivity contribution in [3.8, 4) is 11.1 Å². The number of benzene rings is 2. The fourth-order valence-electron chi connectivity index (χ4n) is 2.69. The first kappa shape index (κ1) is 21.0. The van der Waals surface area contributed by atoms with Gasteiger partial charge in [0.2, 0.25) is 5.91 Å². The molecule has 2 rings (SSSR count). The molecule has 0 saturated heterocycles. The van der Waals surface area contributed by atoms with Crippen molar-refractivity contribution >= 4 is 29.7 Å². The van der Waals surface area contributed by atoms with Gasteiger partial charge in [0.15, 0.2) is 0 Å². The van der Waals surface area contributed by atoms with Crippen molar-refractivity contribution in [1.82, 2.24) is 0 Å². The van der Waals surface area contributed by atoms with Gasteiger partial charge in [-0.05, 0) is 41.7 Å². The van der Waals surface area contributed by atoms with E-state index in [-0.39, 0.29) is 18.3 Å². The lowest BCUT2D eigenvalue weighted by Gasteiger charge is -2.18. The molecule has 0 aliphatic rings. The van der Waals surface area contributed by atoms with Crippen molar-refractivity contribution in [2.75, 3.05) is 24.3 Å². The van der Waals surface area contributed by atoms with Gasteiger partial charge in [-0.25, -0.2) is 0 Å². The lowest BCUT2D eigenvalue weighted by atomic mass is 9.98. The SMILES string of the molecule is CCC(=O)Nc1ccc(N(C)C)cc1-c1ccc(CC(C)C)cc1.Cl. The third-order valence-corrected chi connectivity index (χ3v) is 4.02. The highest BCUT2D eigenvalue weighted by Crippen LogP contribution is 2.32. The Morgan fingerprint density at radius 2 is 1.72 bits per heavy atom. The molecule has 0 saturated carbocycles. The molecule has 0 spiro atoms. The summed E-state index contributed by atoms with van der Waals surface area (Å²) < 4.78 is 0. The molecule has 0 aromatic heterocycles. The molecule has 1 N–H and O–H groups in total. The van der Waals surface area contributed by atoms with Crippen molar-refractivity contribution in [2.24, 2.45) is 5.92 Å². The summed E-state index contributed by atoms with van der Waals surface area (Å²) in [5.74, 6) is 0.678. The van der Waals surface area contributed by atoms with Crippen molar-refractivity contribution in [3.63, 3.8) is 0 Å². The fourth-order valence-corrected chi connectivity index (χ4v) is 2.69. The molecule has 2 aromatic rings. The van der Waals surface area contributed by atoms with Crippen molar-refractivity contribution in [1.29, 1.82) is 0 Å². The van der Waals surface area contributed by atoms with Crippen LogP contribution >= 0.6 is 12.4 Å². The minimum absolute atomic E-state index is 0. The van der Waals surface area contributed by atoms with Crippen LogP contribution in [0.1, 0.15) is 32.8 Å². The predicted molar refractivity (Wildman–Crippen MR) is 111 cm³/mol. The van der Waals surface area contributed by atoms with Gasteiger partial charge in [-0.3, -0.25) is 4.79 Å². The Morgan fingerprint density at radius 3 is 2.24 bits per heavy atom. The maximum absolute atomic E-state index is 11.8. The standard InChI is InChI=1S/C21H28N2O.ClH/c1-6-21(24)22-20-12-11-18(23(4)5)14-19(20)17-9-7-16(8-10-17)13-15(2)3;/h7-12,14-15H,6,13H2,1-5H3,(H,22,24);1H. The molecule has 2 aromatic carbocycles. The Labute approximate surface area is 157 Å². The van der Waals surface area contributed by atoms with Crippen LogP contribution in [-0.4, -0.2) is 20.0 Å². The first-order valence-electron chi connectivity index (χ1n) is 8.61. The third-order valence-electron chi connectivity index (χ3n) is 4.02. The molecule has 0 radical (unpaired) electrons. The molecule has 0 fully saturated rings. The summed E-state index contributed by atoms with van der Waals surface area (Å²) in [6.45, 7) is 6.32. The highest BCUT2D eigenvalue weighted by Gasteiger charge is 2.10. The van der Waals surface area contributed by atoms with E-state index in [1.54, 1.807) is 0 Å². The van der Waals surface area contributed by atoms with Gasteiger partial charge in [-0.2, -0.15) is 0 Å². The van der Waals surface area contributed by atoms with Crippen molar-refractivity contribution in [2.45, 2.75) is 33.6 Å². The van der Waals surface area contributed by atoms with Gasteiger partial charge in [0, 0.05) is 37.5 Å². The molecule has 25 heavy (non-hydrogen) atoms. The average Bonchev–Trinajstić information content (AvgIpc) is 2.55. The zero-order valence-electron chi connectivity index (χ0n) is 15.8. The number of rotatable bonds is 6. The van der Waals surface area contributed by atoms with E-state index >= 15 is 0 Å². The van der Waals surface area contributed by atoms with Crippen LogP contribution < -0.4 is 10.2 Å². The normalized spacial score (nSPS) is 10.3. The molecular weight excluding hydrogens is 332 g/mol. The first-order chi connectivity index (χ1) is 11.4. The van der Waals surface area contributed by atoms with E-state index < -0.39 is 0 Å². The molecule has 4 heteroatoms. The largest absolute Gasteiger partial charge is 0.378 e. The second-order valence-corrected chi connectivity index (χ2v) is 6.82. The van der Waals surface area contributed by atoms with Gasteiger partial charge < -0.3 is 10.2 Å². The van der Waals surface area contributed by atoms with E-state index in [1.165, 1.54) is 5.56 Å². The Bertz CT molecular complexity index is 694. The minimum Gasteiger partial charge on any atom is -0.378 e. The van der Waals surface area contributed by atoms with Crippen LogP contribution in [0.4, 0.5) is 11.4 Å². The second kappa shape index (κ2) is 9.47. The van der Waals surface area contributed by atoms with Crippen LogP contribution in [0.15, 0.2) is 42.5 Å². The zero-order valence-corrected chi connectivity index (χ0v) is 16.6. The number of anilines is 2. The number of carbonyl (C=O) groups is 1. The lowest BCUT2D eigenvalue weighted by Crippen LogP contribution is -2.12. The number of amides is 1. The smallest absolute Gasteiger partial charge is 0.224 e. The van der Waals surface area contributed by atoms with Crippen LogP contribution in [0.2, 0.25) is 0 Å². The van der Waals surface area contributed by atoms with Gasteiger partial charge in [0.1, 0.15) is 0 Å². The van der Waals surface area contributed by atoms with E-state index in [2.05, 4.69) is 54.4 Å². The summed E-state index contributed by atoms with van der Waals surface area (Å²) in [6.07, 6.45) is 1.56. The number of hydrogen-bond acceptors (Lipinski definition) is 2.